The van der Waals surface area contributed by atoms with Crippen molar-refractivity contribution in [1.29, 1.82) is 0 Å². The molecule has 1 N–H and O–H groups in total. The molecule has 2 atom stereocenters. The molecular weight excluding hydrogens is 318 g/mol. The fraction of sp³-hybridized carbons (Fsp3) is 0.450. The van der Waals surface area contributed by atoms with Gasteiger partial charge in [0, 0.05) is 4.88 Å². The van der Waals surface area contributed by atoms with Gasteiger partial charge >= 0.3 is 5.97 Å². The number of nitrogens with zero attached hydrogens (tertiary/aromatic N) is 1. The third kappa shape index (κ3) is 3.40. The topological polar surface area (TPSA) is 40.5 Å². The number of benzene rings is 1. The predicted octanol–water partition coefficient (Wildman–Crippen LogP) is 4.70. The third-order valence-electron chi connectivity index (χ3n) is 4.87. The lowest BCUT2D eigenvalue weighted by atomic mass is 9.92. The Morgan fingerprint density at radius 2 is 1.92 bits per heavy atom. The van der Waals surface area contributed by atoms with E-state index in [1.165, 1.54) is 27.1 Å². The van der Waals surface area contributed by atoms with Crippen molar-refractivity contribution in [1.82, 2.24) is 4.90 Å². The van der Waals surface area contributed by atoms with E-state index in [4.69, 9.17) is 0 Å². The lowest BCUT2D eigenvalue weighted by Crippen LogP contribution is -2.46. The van der Waals surface area contributed by atoms with E-state index < -0.39 is 12.0 Å². The Balaban J connectivity index is 2.11. The zero-order chi connectivity index (χ0) is 17.3. The van der Waals surface area contributed by atoms with Gasteiger partial charge in [-0.25, -0.2) is 0 Å². The molecular formula is C20H25NO2S. The van der Waals surface area contributed by atoms with Crippen molar-refractivity contribution in [3.05, 3.63) is 56.8 Å². The number of hydrogen-bond acceptors (Lipinski definition) is 3. The van der Waals surface area contributed by atoms with Gasteiger partial charge in [-0.2, -0.15) is 0 Å². The van der Waals surface area contributed by atoms with Crippen LogP contribution >= 0.6 is 11.3 Å². The van der Waals surface area contributed by atoms with Crippen LogP contribution in [-0.2, 0) is 4.79 Å². The van der Waals surface area contributed by atoms with Crippen LogP contribution in [0, 0.1) is 20.8 Å². The SMILES string of the molecule is Cc1cc(C)cc(C(c2sccc2C)N2CCCCC2C(=O)O)c1. The second-order valence-electron chi connectivity index (χ2n) is 6.88. The van der Waals surface area contributed by atoms with Crippen molar-refractivity contribution in [3.8, 4) is 0 Å². The molecule has 24 heavy (non-hydrogen) atoms. The van der Waals surface area contributed by atoms with Gasteiger partial charge < -0.3 is 5.11 Å². The van der Waals surface area contributed by atoms with Crippen LogP contribution in [0.2, 0.25) is 0 Å². The average Bonchev–Trinajstić information content (AvgIpc) is 2.93. The van der Waals surface area contributed by atoms with E-state index in [1.54, 1.807) is 11.3 Å². The van der Waals surface area contributed by atoms with Crippen molar-refractivity contribution < 1.29 is 9.90 Å². The molecule has 1 aliphatic rings. The maximum atomic E-state index is 11.9. The molecule has 2 aromatic rings. The summed E-state index contributed by atoms with van der Waals surface area (Å²) in [6, 6.07) is 8.37. The van der Waals surface area contributed by atoms with Crippen molar-refractivity contribution >= 4 is 17.3 Å². The largest absolute Gasteiger partial charge is 0.480 e. The van der Waals surface area contributed by atoms with Crippen LogP contribution in [-0.4, -0.2) is 28.6 Å². The summed E-state index contributed by atoms with van der Waals surface area (Å²) in [6.07, 6.45) is 2.80. The fourth-order valence-electron chi connectivity index (χ4n) is 3.85. The zero-order valence-corrected chi connectivity index (χ0v) is 15.4. The van der Waals surface area contributed by atoms with Gasteiger partial charge in [-0.3, -0.25) is 9.69 Å². The van der Waals surface area contributed by atoms with E-state index in [2.05, 4.69) is 55.3 Å². The number of carboxylic acids is 1. The Labute approximate surface area is 147 Å². The van der Waals surface area contributed by atoms with E-state index in [1.807, 2.05) is 0 Å². The van der Waals surface area contributed by atoms with Crippen LogP contribution in [0.3, 0.4) is 0 Å². The molecule has 0 aliphatic carbocycles. The van der Waals surface area contributed by atoms with Gasteiger partial charge in [0.25, 0.3) is 0 Å². The molecule has 0 amide bonds. The fourth-order valence-corrected chi connectivity index (χ4v) is 4.93. The molecule has 128 valence electrons. The molecule has 2 unspecified atom stereocenters. The Hall–Kier alpha value is -1.65. The lowest BCUT2D eigenvalue weighted by molar-refractivity contribution is -0.145. The highest BCUT2D eigenvalue weighted by molar-refractivity contribution is 7.10. The molecule has 1 saturated heterocycles. The molecule has 0 spiro atoms. The molecule has 0 radical (unpaired) electrons. The Morgan fingerprint density at radius 3 is 2.50 bits per heavy atom. The van der Waals surface area contributed by atoms with Crippen LogP contribution in [0.1, 0.15) is 52.4 Å². The number of aryl methyl sites for hydroxylation is 3. The van der Waals surface area contributed by atoms with E-state index in [0.29, 0.717) is 0 Å². The second-order valence-corrected chi connectivity index (χ2v) is 7.83. The van der Waals surface area contributed by atoms with Gasteiger partial charge in [-0.05, 0) is 62.7 Å². The van der Waals surface area contributed by atoms with Gasteiger partial charge in [0.05, 0.1) is 6.04 Å². The van der Waals surface area contributed by atoms with Crippen LogP contribution in [0.4, 0.5) is 0 Å². The lowest BCUT2D eigenvalue weighted by Gasteiger charge is -2.39. The highest BCUT2D eigenvalue weighted by Gasteiger charge is 2.36. The number of thiophene rings is 1. The summed E-state index contributed by atoms with van der Waals surface area (Å²) in [5.41, 5.74) is 4.92. The van der Waals surface area contributed by atoms with Gasteiger partial charge in [0.2, 0.25) is 0 Å². The molecule has 0 saturated carbocycles. The van der Waals surface area contributed by atoms with E-state index in [9.17, 15) is 9.90 Å². The quantitative estimate of drug-likeness (QED) is 0.874. The maximum Gasteiger partial charge on any atom is 0.320 e. The molecule has 1 aromatic carbocycles. The summed E-state index contributed by atoms with van der Waals surface area (Å²) in [7, 11) is 0. The molecule has 1 fully saturated rings. The van der Waals surface area contributed by atoms with Crippen LogP contribution in [0.15, 0.2) is 29.6 Å². The number of piperidine rings is 1. The Kier molecular flexibility index (Phi) is 5.07. The van der Waals surface area contributed by atoms with Crippen LogP contribution in [0.5, 0.6) is 0 Å². The summed E-state index contributed by atoms with van der Waals surface area (Å²) >= 11 is 1.74. The summed E-state index contributed by atoms with van der Waals surface area (Å²) in [5.74, 6) is -0.696. The third-order valence-corrected chi connectivity index (χ3v) is 5.94. The van der Waals surface area contributed by atoms with Gasteiger partial charge in [0.1, 0.15) is 6.04 Å². The first-order valence-corrected chi connectivity index (χ1v) is 9.46. The molecule has 1 aliphatic heterocycles. The average molecular weight is 343 g/mol. The minimum absolute atomic E-state index is 0.0324. The minimum atomic E-state index is -0.696. The monoisotopic (exact) mass is 343 g/mol. The van der Waals surface area contributed by atoms with Gasteiger partial charge in [-0.15, -0.1) is 11.3 Å². The summed E-state index contributed by atoms with van der Waals surface area (Å²) in [4.78, 5) is 15.3. The number of likely N-dealkylation sites (tertiary alicyclic amines) is 1. The van der Waals surface area contributed by atoms with E-state index >= 15 is 0 Å². The number of hydrogen-bond donors (Lipinski definition) is 1. The van der Waals surface area contributed by atoms with Crippen molar-refractivity contribution in [2.45, 2.75) is 52.1 Å². The van der Waals surface area contributed by atoms with Crippen LogP contribution in [0.25, 0.3) is 0 Å². The van der Waals surface area contributed by atoms with Gasteiger partial charge in [0.15, 0.2) is 0 Å². The Bertz CT molecular complexity index is 717. The van der Waals surface area contributed by atoms with E-state index in [-0.39, 0.29) is 6.04 Å². The number of rotatable bonds is 4. The standard InChI is InChI=1S/C20H25NO2S/c1-13-10-14(2)12-16(11-13)18(19-15(3)7-9-24-19)21-8-5-4-6-17(21)20(22)23/h7,9-12,17-18H,4-6,8H2,1-3H3,(H,22,23). The highest BCUT2D eigenvalue weighted by atomic mass is 32.1. The summed E-state index contributed by atoms with van der Waals surface area (Å²) < 4.78 is 0. The molecule has 1 aromatic heterocycles. The van der Waals surface area contributed by atoms with Crippen LogP contribution < -0.4 is 0 Å². The molecule has 3 rings (SSSR count). The van der Waals surface area contributed by atoms with Crippen molar-refractivity contribution in [2.24, 2.45) is 0 Å². The summed E-state index contributed by atoms with van der Waals surface area (Å²) in [5, 5.41) is 11.9. The molecule has 0 bridgehead atoms. The Morgan fingerprint density at radius 1 is 1.21 bits per heavy atom. The minimum Gasteiger partial charge on any atom is -0.480 e. The molecule has 2 heterocycles. The number of carboxylic acid groups (broad SMARTS) is 1. The maximum absolute atomic E-state index is 11.9. The first-order chi connectivity index (χ1) is 11.5. The summed E-state index contributed by atoms with van der Waals surface area (Å²) in [6.45, 7) is 7.19. The van der Waals surface area contributed by atoms with Gasteiger partial charge in [-0.1, -0.05) is 35.7 Å². The first-order valence-electron chi connectivity index (χ1n) is 8.58. The number of aliphatic carboxylic acids is 1. The molecule has 4 heteroatoms. The van der Waals surface area contributed by atoms with Crippen molar-refractivity contribution in [3.63, 3.8) is 0 Å². The number of carbonyl (C=O) groups is 1. The molecule has 3 nitrogen and oxygen atoms in total. The smallest absolute Gasteiger partial charge is 0.320 e. The van der Waals surface area contributed by atoms with E-state index in [0.717, 1.165) is 25.8 Å². The second kappa shape index (κ2) is 7.08. The van der Waals surface area contributed by atoms with Crippen molar-refractivity contribution in [2.75, 3.05) is 6.54 Å². The first kappa shape index (κ1) is 17.2. The predicted molar refractivity (Wildman–Crippen MR) is 98.8 cm³/mol. The highest BCUT2D eigenvalue weighted by Crippen LogP contribution is 2.38. The normalized spacial score (nSPS) is 20.0. The zero-order valence-electron chi connectivity index (χ0n) is 14.6.